The van der Waals surface area contributed by atoms with Gasteiger partial charge in [0.05, 0.1) is 18.8 Å². The van der Waals surface area contributed by atoms with Crippen molar-refractivity contribution in [3.63, 3.8) is 0 Å². The molecule has 0 radical (unpaired) electrons. The molecule has 7 heteroatoms. The average Bonchev–Trinajstić information content (AvgIpc) is 2.78. The van der Waals surface area contributed by atoms with Crippen LogP contribution in [0.3, 0.4) is 0 Å². The number of halogens is 5. The van der Waals surface area contributed by atoms with Crippen molar-refractivity contribution in [2.24, 2.45) is 5.92 Å². The molecule has 1 aliphatic rings. The summed E-state index contributed by atoms with van der Waals surface area (Å²) >= 11 is 0. The van der Waals surface area contributed by atoms with Crippen LogP contribution in [-0.2, 0) is 16.1 Å². The van der Waals surface area contributed by atoms with Gasteiger partial charge >= 0.3 is 0 Å². The van der Waals surface area contributed by atoms with Crippen molar-refractivity contribution >= 4 is 0 Å². The van der Waals surface area contributed by atoms with Gasteiger partial charge in [0.25, 0.3) is 0 Å². The van der Waals surface area contributed by atoms with E-state index in [0.717, 1.165) is 18.2 Å². The van der Waals surface area contributed by atoms with Gasteiger partial charge in [0.1, 0.15) is 29.9 Å². The third-order valence-corrected chi connectivity index (χ3v) is 5.39. The lowest BCUT2D eigenvalue weighted by Gasteiger charge is -2.28. The number of hydrogen-bond donors (Lipinski definition) is 0. The van der Waals surface area contributed by atoms with Gasteiger partial charge in [-0.2, -0.15) is 0 Å². The average molecular weight is 446 g/mol. The molecule has 0 aliphatic carbocycles. The van der Waals surface area contributed by atoms with Crippen LogP contribution < -0.4 is 0 Å². The summed E-state index contributed by atoms with van der Waals surface area (Å²) in [5.41, 5.74) is -0.00201. The van der Waals surface area contributed by atoms with Crippen LogP contribution in [0.1, 0.15) is 17.4 Å². The molecule has 0 atom stereocenters. The first-order valence-corrected chi connectivity index (χ1v) is 9.90. The maximum atomic E-state index is 14.8. The highest BCUT2D eigenvalue weighted by Gasteiger charge is 2.23. The Morgan fingerprint density at radius 1 is 0.781 bits per heavy atom. The molecule has 4 rings (SSSR count). The number of ether oxygens (including phenoxy) is 2. The summed E-state index contributed by atoms with van der Waals surface area (Å²) in [4.78, 5) is 0. The third-order valence-electron chi connectivity index (χ3n) is 5.39. The molecule has 0 unspecified atom stereocenters. The Labute approximate surface area is 181 Å². The fourth-order valence-corrected chi connectivity index (χ4v) is 3.56. The Morgan fingerprint density at radius 2 is 1.34 bits per heavy atom. The fraction of sp³-hybridized carbons (Fsp3) is 0.200. The van der Waals surface area contributed by atoms with E-state index in [-0.39, 0.29) is 28.2 Å². The predicted octanol–water partition coefficient (Wildman–Crippen LogP) is 6.89. The standard InChI is InChI=1S/C25H19F5O2/c1-2-14-12-31-25(32-13-14)16-4-6-18(22(28)8-16)15-3-5-19(21(27)7-15)17-9-23(29)20(11-26)24(30)10-17/h2-10,14,25H,1,11-13H2. The molecule has 1 fully saturated rings. The lowest BCUT2D eigenvalue weighted by Crippen LogP contribution is -2.25. The molecule has 3 aromatic rings. The largest absolute Gasteiger partial charge is 0.348 e. The summed E-state index contributed by atoms with van der Waals surface area (Å²) < 4.78 is 81.2. The Hall–Kier alpha value is -3.03. The number of benzene rings is 3. The molecule has 1 heterocycles. The molecule has 32 heavy (non-hydrogen) atoms. The summed E-state index contributed by atoms with van der Waals surface area (Å²) in [6, 6.07) is 9.93. The first-order valence-electron chi connectivity index (χ1n) is 9.90. The van der Waals surface area contributed by atoms with Crippen LogP contribution in [0.2, 0.25) is 0 Å². The van der Waals surface area contributed by atoms with Crippen molar-refractivity contribution < 1.29 is 31.4 Å². The van der Waals surface area contributed by atoms with Crippen LogP contribution in [0.5, 0.6) is 0 Å². The van der Waals surface area contributed by atoms with Gasteiger partial charge in [-0.3, -0.25) is 0 Å². The van der Waals surface area contributed by atoms with Gasteiger partial charge in [-0.25, -0.2) is 22.0 Å². The smallest absolute Gasteiger partial charge is 0.183 e. The van der Waals surface area contributed by atoms with E-state index >= 15 is 0 Å². The second-order valence-corrected chi connectivity index (χ2v) is 7.48. The highest BCUT2D eigenvalue weighted by molar-refractivity contribution is 5.72. The molecule has 0 N–H and O–H groups in total. The van der Waals surface area contributed by atoms with Gasteiger partial charge in [-0.1, -0.05) is 30.3 Å². The van der Waals surface area contributed by atoms with Crippen LogP contribution in [0, 0.1) is 29.2 Å². The van der Waals surface area contributed by atoms with Crippen LogP contribution in [-0.4, -0.2) is 13.2 Å². The first kappa shape index (κ1) is 22.2. The summed E-state index contributed by atoms with van der Waals surface area (Å²) in [6.07, 6.45) is 1.03. The van der Waals surface area contributed by atoms with Gasteiger partial charge in [-0.05, 0) is 35.4 Å². The zero-order chi connectivity index (χ0) is 22.8. The molecule has 3 aromatic carbocycles. The van der Waals surface area contributed by atoms with Crippen molar-refractivity contribution in [1.29, 1.82) is 0 Å². The van der Waals surface area contributed by atoms with Gasteiger partial charge in [0.15, 0.2) is 6.29 Å². The second kappa shape index (κ2) is 9.22. The Balaban J connectivity index is 1.60. The van der Waals surface area contributed by atoms with Crippen LogP contribution in [0.15, 0.2) is 61.2 Å². The monoisotopic (exact) mass is 446 g/mol. The molecular formula is C25H19F5O2. The minimum absolute atomic E-state index is 0.0759. The maximum absolute atomic E-state index is 14.8. The number of hydrogen-bond acceptors (Lipinski definition) is 2. The molecule has 0 saturated carbocycles. The van der Waals surface area contributed by atoms with Crippen LogP contribution in [0.4, 0.5) is 22.0 Å². The van der Waals surface area contributed by atoms with Crippen molar-refractivity contribution in [3.8, 4) is 22.3 Å². The van der Waals surface area contributed by atoms with E-state index < -0.39 is 41.8 Å². The minimum atomic E-state index is -1.31. The molecule has 2 nitrogen and oxygen atoms in total. The van der Waals surface area contributed by atoms with Crippen molar-refractivity contribution in [3.05, 3.63) is 95.6 Å². The van der Waals surface area contributed by atoms with Crippen molar-refractivity contribution in [2.75, 3.05) is 13.2 Å². The van der Waals surface area contributed by atoms with Crippen molar-refractivity contribution in [2.45, 2.75) is 13.0 Å². The molecule has 0 aromatic heterocycles. The highest BCUT2D eigenvalue weighted by atomic mass is 19.2. The minimum Gasteiger partial charge on any atom is -0.348 e. The van der Waals surface area contributed by atoms with Gasteiger partial charge in [0.2, 0.25) is 0 Å². The molecule has 0 spiro atoms. The topological polar surface area (TPSA) is 18.5 Å². The van der Waals surface area contributed by atoms with Crippen LogP contribution in [0.25, 0.3) is 22.3 Å². The fourth-order valence-electron chi connectivity index (χ4n) is 3.56. The molecular weight excluding hydrogens is 427 g/mol. The van der Waals surface area contributed by atoms with Gasteiger partial charge in [0, 0.05) is 22.6 Å². The van der Waals surface area contributed by atoms with E-state index in [1.165, 1.54) is 24.3 Å². The summed E-state index contributed by atoms with van der Waals surface area (Å²) in [5, 5.41) is 0. The quantitative estimate of drug-likeness (QED) is 0.314. The highest BCUT2D eigenvalue weighted by Crippen LogP contribution is 2.33. The maximum Gasteiger partial charge on any atom is 0.183 e. The first-order chi connectivity index (χ1) is 15.4. The van der Waals surface area contributed by atoms with E-state index in [2.05, 4.69) is 6.58 Å². The number of alkyl halides is 1. The summed E-state index contributed by atoms with van der Waals surface area (Å²) in [6.45, 7) is 3.21. The molecule has 1 aliphatic heterocycles. The zero-order valence-corrected chi connectivity index (χ0v) is 16.9. The second-order valence-electron chi connectivity index (χ2n) is 7.48. The summed E-state index contributed by atoms with van der Waals surface area (Å²) in [7, 11) is 0. The van der Waals surface area contributed by atoms with Crippen molar-refractivity contribution in [1.82, 2.24) is 0 Å². The van der Waals surface area contributed by atoms with E-state index in [9.17, 15) is 22.0 Å². The third kappa shape index (κ3) is 4.31. The Kier molecular flexibility index (Phi) is 6.39. The molecule has 166 valence electrons. The van der Waals surface area contributed by atoms with E-state index in [1.54, 1.807) is 12.1 Å². The lowest BCUT2D eigenvalue weighted by atomic mass is 9.97. The summed E-state index contributed by atoms with van der Waals surface area (Å²) in [5.74, 6) is -3.52. The number of rotatable bonds is 5. The predicted molar refractivity (Wildman–Crippen MR) is 110 cm³/mol. The SMILES string of the molecule is C=CC1COC(c2ccc(-c3ccc(-c4cc(F)c(CF)c(F)c4)c(F)c3)c(F)c2)OC1. The van der Waals surface area contributed by atoms with E-state index in [0.29, 0.717) is 18.8 Å². The zero-order valence-electron chi connectivity index (χ0n) is 16.9. The van der Waals surface area contributed by atoms with Gasteiger partial charge < -0.3 is 9.47 Å². The Morgan fingerprint density at radius 3 is 1.91 bits per heavy atom. The molecule has 1 saturated heterocycles. The normalized spacial score (nSPS) is 18.5. The van der Waals surface area contributed by atoms with E-state index in [4.69, 9.17) is 9.47 Å². The Bertz CT molecular complexity index is 1130. The molecule has 0 bridgehead atoms. The lowest BCUT2D eigenvalue weighted by molar-refractivity contribution is -0.197. The van der Waals surface area contributed by atoms with Gasteiger partial charge in [-0.15, -0.1) is 6.58 Å². The van der Waals surface area contributed by atoms with E-state index in [1.807, 2.05) is 0 Å². The molecule has 0 amide bonds. The van der Waals surface area contributed by atoms with Crippen LogP contribution >= 0.6 is 0 Å².